The molecule has 4 heteroatoms. The van der Waals surface area contributed by atoms with E-state index in [0.29, 0.717) is 13.2 Å². The number of nitrogens with one attached hydrogen (secondary N) is 1. The fourth-order valence-corrected chi connectivity index (χ4v) is 2.56. The molecule has 1 aromatic carbocycles. The van der Waals surface area contributed by atoms with Crippen LogP contribution >= 0.6 is 15.9 Å². The Kier molecular flexibility index (Phi) is 7.24. The molecule has 0 heterocycles. The molecule has 19 heavy (non-hydrogen) atoms. The van der Waals surface area contributed by atoms with Crippen molar-refractivity contribution in [1.82, 2.24) is 5.32 Å². The Morgan fingerprint density at radius 2 is 1.68 bits per heavy atom. The monoisotopic (exact) mass is 329 g/mol. The molecule has 0 saturated carbocycles. The number of hydrogen-bond donors (Lipinski definition) is 1. The zero-order valence-corrected chi connectivity index (χ0v) is 13.8. The average Bonchev–Trinajstić information content (AvgIpc) is 2.39. The highest BCUT2D eigenvalue weighted by Crippen LogP contribution is 2.36. The van der Waals surface area contributed by atoms with Crippen LogP contribution in [0.2, 0.25) is 0 Å². The van der Waals surface area contributed by atoms with Crippen molar-refractivity contribution in [3.05, 3.63) is 22.2 Å². The lowest BCUT2D eigenvalue weighted by Crippen LogP contribution is -2.19. The highest BCUT2D eigenvalue weighted by atomic mass is 79.9. The highest BCUT2D eigenvalue weighted by molar-refractivity contribution is 9.10. The third kappa shape index (κ3) is 4.69. The predicted octanol–water partition coefficient (Wildman–Crippen LogP) is 4.31. The third-order valence-electron chi connectivity index (χ3n) is 2.83. The van der Waals surface area contributed by atoms with E-state index in [1.54, 1.807) is 0 Å². The number of halogens is 1. The van der Waals surface area contributed by atoms with Crippen LogP contribution in [-0.4, -0.2) is 19.8 Å². The van der Waals surface area contributed by atoms with E-state index in [2.05, 4.69) is 41.2 Å². The molecule has 0 aliphatic carbocycles. The molecule has 0 aliphatic rings. The minimum absolute atomic E-state index is 0.282. The Balaban J connectivity index is 3.01. The van der Waals surface area contributed by atoms with Crippen LogP contribution in [0.1, 0.15) is 45.7 Å². The number of benzene rings is 1. The molecule has 0 aliphatic heterocycles. The first-order chi connectivity index (χ1) is 9.13. The standard InChI is InChI=1S/C15H24BrNO2/c1-5-8-17-11(4)12-9-14(18-6-2)15(19-7-3)10-13(12)16/h9-11,17H,5-8H2,1-4H3. The quantitative estimate of drug-likeness (QED) is 0.770. The Morgan fingerprint density at radius 1 is 1.11 bits per heavy atom. The summed E-state index contributed by atoms with van der Waals surface area (Å²) >= 11 is 3.62. The summed E-state index contributed by atoms with van der Waals surface area (Å²) in [6.45, 7) is 10.6. The van der Waals surface area contributed by atoms with E-state index in [9.17, 15) is 0 Å². The van der Waals surface area contributed by atoms with Gasteiger partial charge in [-0.05, 0) is 51.4 Å². The summed E-state index contributed by atoms with van der Waals surface area (Å²) in [5.41, 5.74) is 1.19. The zero-order valence-electron chi connectivity index (χ0n) is 12.3. The van der Waals surface area contributed by atoms with Gasteiger partial charge in [-0.3, -0.25) is 0 Å². The van der Waals surface area contributed by atoms with E-state index in [0.717, 1.165) is 28.9 Å². The van der Waals surface area contributed by atoms with Crippen molar-refractivity contribution >= 4 is 15.9 Å². The van der Waals surface area contributed by atoms with Gasteiger partial charge in [-0.2, -0.15) is 0 Å². The summed E-state index contributed by atoms with van der Waals surface area (Å²) in [6.07, 6.45) is 1.12. The fourth-order valence-electron chi connectivity index (χ4n) is 1.89. The van der Waals surface area contributed by atoms with Crippen LogP contribution in [0.25, 0.3) is 0 Å². The molecule has 0 spiro atoms. The Bertz CT molecular complexity index is 396. The summed E-state index contributed by atoms with van der Waals surface area (Å²) in [5.74, 6) is 1.61. The largest absolute Gasteiger partial charge is 0.490 e. The van der Waals surface area contributed by atoms with Gasteiger partial charge in [0.2, 0.25) is 0 Å². The first-order valence-corrected chi connectivity index (χ1v) is 7.75. The van der Waals surface area contributed by atoms with Crippen LogP contribution < -0.4 is 14.8 Å². The van der Waals surface area contributed by atoms with E-state index in [1.807, 2.05) is 19.9 Å². The van der Waals surface area contributed by atoms with E-state index >= 15 is 0 Å². The predicted molar refractivity (Wildman–Crippen MR) is 83.2 cm³/mol. The number of ether oxygens (including phenoxy) is 2. The second-order valence-electron chi connectivity index (χ2n) is 4.36. The molecule has 0 fully saturated rings. The van der Waals surface area contributed by atoms with Crippen LogP contribution in [0.3, 0.4) is 0 Å². The van der Waals surface area contributed by atoms with Gasteiger partial charge in [0.15, 0.2) is 11.5 Å². The topological polar surface area (TPSA) is 30.5 Å². The lowest BCUT2D eigenvalue weighted by atomic mass is 10.1. The van der Waals surface area contributed by atoms with Crippen LogP contribution in [0, 0.1) is 0 Å². The first kappa shape index (κ1) is 16.3. The summed E-state index contributed by atoms with van der Waals surface area (Å²) in [6, 6.07) is 4.34. The Hall–Kier alpha value is -0.740. The van der Waals surface area contributed by atoms with Gasteiger partial charge in [-0.1, -0.05) is 22.9 Å². The summed E-state index contributed by atoms with van der Waals surface area (Å²) in [5, 5.41) is 3.48. The van der Waals surface area contributed by atoms with Gasteiger partial charge in [0.1, 0.15) is 0 Å². The Labute approximate surface area is 124 Å². The summed E-state index contributed by atoms with van der Waals surface area (Å²) in [4.78, 5) is 0. The van der Waals surface area contributed by atoms with E-state index < -0.39 is 0 Å². The maximum atomic E-state index is 5.67. The molecule has 0 aromatic heterocycles. The van der Waals surface area contributed by atoms with Gasteiger partial charge in [0.25, 0.3) is 0 Å². The van der Waals surface area contributed by atoms with Gasteiger partial charge in [0.05, 0.1) is 13.2 Å². The smallest absolute Gasteiger partial charge is 0.162 e. The molecule has 0 bridgehead atoms. The van der Waals surface area contributed by atoms with Crippen molar-refractivity contribution < 1.29 is 9.47 Å². The van der Waals surface area contributed by atoms with Gasteiger partial charge in [-0.15, -0.1) is 0 Å². The van der Waals surface area contributed by atoms with Gasteiger partial charge < -0.3 is 14.8 Å². The molecular formula is C15H24BrNO2. The maximum Gasteiger partial charge on any atom is 0.162 e. The highest BCUT2D eigenvalue weighted by Gasteiger charge is 2.14. The van der Waals surface area contributed by atoms with Crippen molar-refractivity contribution in [2.45, 2.75) is 40.2 Å². The normalized spacial score (nSPS) is 12.3. The molecular weight excluding hydrogens is 306 g/mol. The van der Waals surface area contributed by atoms with E-state index in [1.165, 1.54) is 5.56 Å². The second-order valence-corrected chi connectivity index (χ2v) is 5.22. The number of hydrogen-bond acceptors (Lipinski definition) is 3. The average molecular weight is 330 g/mol. The second kappa shape index (κ2) is 8.43. The van der Waals surface area contributed by atoms with Crippen LogP contribution in [0.5, 0.6) is 11.5 Å². The third-order valence-corrected chi connectivity index (χ3v) is 3.52. The minimum atomic E-state index is 0.282. The van der Waals surface area contributed by atoms with Gasteiger partial charge >= 0.3 is 0 Å². The molecule has 1 N–H and O–H groups in total. The van der Waals surface area contributed by atoms with Crippen molar-refractivity contribution in [2.24, 2.45) is 0 Å². The zero-order chi connectivity index (χ0) is 14.3. The van der Waals surface area contributed by atoms with Crippen LogP contribution in [0.4, 0.5) is 0 Å². The molecule has 108 valence electrons. The van der Waals surface area contributed by atoms with Crippen LogP contribution in [0.15, 0.2) is 16.6 Å². The first-order valence-electron chi connectivity index (χ1n) is 6.96. The molecule has 1 atom stereocenters. The minimum Gasteiger partial charge on any atom is -0.490 e. The lowest BCUT2D eigenvalue weighted by Gasteiger charge is -2.19. The van der Waals surface area contributed by atoms with Crippen LogP contribution in [-0.2, 0) is 0 Å². The van der Waals surface area contributed by atoms with E-state index in [4.69, 9.17) is 9.47 Å². The van der Waals surface area contributed by atoms with E-state index in [-0.39, 0.29) is 6.04 Å². The molecule has 0 amide bonds. The lowest BCUT2D eigenvalue weighted by molar-refractivity contribution is 0.287. The fraction of sp³-hybridized carbons (Fsp3) is 0.600. The van der Waals surface area contributed by atoms with Crippen molar-refractivity contribution in [3.8, 4) is 11.5 Å². The van der Waals surface area contributed by atoms with Crippen molar-refractivity contribution in [2.75, 3.05) is 19.8 Å². The molecule has 1 rings (SSSR count). The summed E-state index contributed by atoms with van der Waals surface area (Å²) in [7, 11) is 0. The molecule has 1 aromatic rings. The van der Waals surface area contributed by atoms with Crippen molar-refractivity contribution in [3.63, 3.8) is 0 Å². The number of rotatable bonds is 8. The van der Waals surface area contributed by atoms with Gasteiger partial charge in [0, 0.05) is 10.5 Å². The summed E-state index contributed by atoms with van der Waals surface area (Å²) < 4.78 is 12.3. The molecule has 0 radical (unpaired) electrons. The van der Waals surface area contributed by atoms with Crippen molar-refractivity contribution in [1.29, 1.82) is 0 Å². The molecule has 1 unspecified atom stereocenters. The molecule has 3 nitrogen and oxygen atoms in total. The maximum absolute atomic E-state index is 5.67. The Morgan fingerprint density at radius 3 is 2.21 bits per heavy atom. The van der Waals surface area contributed by atoms with Gasteiger partial charge in [-0.25, -0.2) is 0 Å². The SMILES string of the molecule is CCCNC(C)c1cc(OCC)c(OCC)cc1Br. The molecule has 0 saturated heterocycles.